The average molecular weight is 263 g/mol. The largest absolute Gasteiger partial charge is 0.392 e. The highest BCUT2D eigenvalue weighted by atomic mass is 31.2. The lowest BCUT2D eigenvalue weighted by atomic mass is 9.97. The molecule has 1 unspecified atom stereocenters. The quantitative estimate of drug-likeness (QED) is 0.751. The predicted octanol–water partition coefficient (Wildman–Crippen LogP) is 1.39. The van der Waals surface area contributed by atoms with Crippen molar-refractivity contribution in [3.8, 4) is 0 Å². The van der Waals surface area contributed by atoms with E-state index in [1.54, 1.807) is 6.92 Å². The molecule has 0 saturated heterocycles. The molecule has 1 rings (SSSR count). The highest BCUT2D eigenvalue weighted by Gasteiger charge is 2.39. The van der Waals surface area contributed by atoms with Gasteiger partial charge in [-0.2, -0.15) is 0 Å². The summed E-state index contributed by atoms with van der Waals surface area (Å²) in [4.78, 5) is 22.7. The van der Waals surface area contributed by atoms with Crippen LogP contribution in [-0.2, 0) is 9.36 Å². The van der Waals surface area contributed by atoms with Crippen LogP contribution in [0.25, 0.3) is 0 Å². The maximum atomic E-state index is 12.3. The van der Waals surface area contributed by atoms with Crippen LogP contribution in [0.3, 0.4) is 0 Å². The summed E-state index contributed by atoms with van der Waals surface area (Å²) in [6.45, 7) is 3.59. The summed E-state index contributed by atoms with van der Waals surface area (Å²) < 4.78 is 12.3. The highest BCUT2D eigenvalue weighted by Crippen LogP contribution is 2.52. The van der Waals surface area contributed by atoms with E-state index in [-0.39, 0.29) is 12.2 Å². The number of carbonyl (C=O) groups excluding carboxylic acids is 1. The zero-order chi connectivity index (χ0) is 13.1. The van der Waals surface area contributed by atoms with E-state index in [0.717, 1.165) is 12.8 Å². The molecule has 5 nitrogen and oxygen atoms in total. The van der Waals surface area contributed by atoms with E-state index in [4.69, 9.17) is 0 Å². The van der Waals surface area contributed by atoms with Gasteiger partial charge in [0, 0.05) is 13.5 Å². The third-order valence-electron chi connectivity index (χ3n) is 3.41. The molecule has 0 spiro atoms. The van der Waals surface area contributed by atoms with Crippen molar-refractivity contribution in [2.45, 2.75) is 51.3 Å². The summed E-state index contributed by atoms with van der Waals surface area (Å²) in [5.41, 5.74) is -0.565. The van der Waals surface area contributed by atoms with Crippen LogP contribution in [0.4, 0.5) is 0 Å². The van der Waals surface area contributed by atoms with Gasteiger partial charge in [-0.1, -0.05) is 12.8 Å². The van der Waals surface area contributed by atoms with Crippen LogP contribution < -0.4 is 0 Å². The topological polar surface area (TPSA) is 77.8 Å². The lowest BCUT2D eigenvalue weighted by Gasteiger charge is -2.33. The van der Waals surface area contributed by atoms with Crippen LogP contribution in [-0.4, -0.2) is 45.4 Å². The van der Waals surface area contributed by atoms with Crippen LogP contribution in [0.2, 0.25) is 0 Å². The SMILES string of the molecule is CCN(CP(=O)(O)[C@H]1CCCC[C@@H]1O)C(C)=O. The van der Waals surface area contributed by atoms with Gasteiger partial charge in [0.1, 0.15) is 0 Å². The van der Waals surface area contributed by atoms with Crippen molar-refractivity contribution in [3.05, 3.63) is 0 Å². The third kappa shape index (κ3) is 3.80. The Balaban J connectivity index is 2.72. The fourth-order valence-corrected chi connectivity index (χ4v) is 4.71. The molecule has 0 aliphatic heterocycles. The minimum atomic E-state index is -3.50. The molecule has 0 aromatic rings. The average Bonchev–Trinajstić information content (AvgIpc) is 2.26. The summed E-state index contributed by atoms with van der Waals surface area (Å²) in [5, 5.41) is 9.79. The molecule has 1 aliphatic carbocycles. The highest BCUT2D eigenvalue weighted by molar-refractivity contribution is 7.58. The molecule has 2 N–H and O–H groups in total. The molecule has 3 atom stereocenters. The zero-order valence-corrected chi connectivity index (χ0v) is 11.4. The second-order valence-electron chi connectivity index (χ2n) is 4.69. The summed E-state index contributed by atoms with van der Waals surface area (Å²) in [6.07, 6.45) is 2.09. The summed E-state index contributed by atoms with van der Waals surface area (Å²) in [5.74, 6) is -0.202. The lowest BCUT2D eigenvalue weighted by Crippen LogP contribution is -2.36. The maximum Gasteiger partial charge on any atom is 0.224 e. The van der Waals surface area contributed by atoms with Crippen LogP contribution in [0.1, 0.15) is 39.5 Å². The van der Waals surface area contributed by atoms with Gasteiger partial charge in [-0.3, -0.25) is 9.36 Å². The lowest BCUT2D eigenvalue weighted by molar-refractivity contribution is -0.127. The maximum absolute atomic E-state index is 12.3. The van der Waals surface area contributed by atoms with Gasteiger partial charge < -0.3 is 14.9 Å². The van der Waals surface area contributed by atoms with Gasteiger partial charge in [0.15, 0.2) is 0 Å². The Morgan fingerprint density at radius 1 is 1.41 bits per heavy atom. The van der Waals surface area contributed by atoms with Crippen molar-refractivity contribution >= 4 is 13.3 Å². The van der Waals surface area contributed by atoms with Gasteiger partial charge in [-0.25, -0.2) is 0 Å². The number of amides is 1. The van der Waals surface area contributed by atoms with Gasteiger partial charge in [-0.05, 0) is 19.8 Å². The van der Waals surface area contributed by atoms with Gasteiger partial charge >= 0.3 is 0 Å². The van der Waals surface area contributed by atoms with E-state index in [1.165, 1.54) is 11.8 Å². The van der Waals surface area contributed by atoms with Gasteiger partial charge in [0.05, 0.1) is 18.0 Å². The number of aliphatic hydroxyl groups excluding tert-OH is 1. The van der Waals surface area contributed by atoms with Gasteiger partial charge in [-0.15, -0.1) is 0 Å². The van der Waals surface area contributed by atoms with Crippen LogP contribution >= 0.6 is 7.37 Å². The number of nitrogens with zero attached hydrogens (tertiary/aromatic N) is 1. The van der Waals surface area contributed by atoms with Crippen molar-refractivity contribution in [3.63, 3.8) is 0 Å². The fraction of sp³-hybridized carbons (Fsp3) is 0.909. The smallest absolute Gasteiger partial charge is 0.224 e. The molecule has 0 radical (unpaired) electrons. The van der Waals surface area contributed by atoms with Crippen molar-refractivity contribution < 1.29 is 19.4 Å². The van der Waals surface area contributed by atoms with Gasteiger partial charge in [0.25, 0.3) is 0 Å². The Bertz CT molecular complexity index is 321. The van der Waals surface area contributed by atoms with E-state index in [9.17, 15) is 19.4 Å². The molecule has 1 saturated carbocycles. The first-order valence-electron chi connectivity index (χ1n) is 6.13. The van der Waals surface area contributed by atoms with E-state index in [2.05, 4.69) is 0 Å². The molecule has 0 heterocycles. The Morgan fingerprint density at radius 3 is 2.47 bits per heavy atom. The molecule has 1 amide bonds. The molecular weight excluding hydrogens is 241 g/mol. The first-order chi connectivity index (χ1) is 7.88. The first-order valence-corrected chi connectivity index (χ1v) is 8.05. The third-order valence-corrected chi connectivity index (χ3v) is 5.80. The second-order valence-corrected chi connectivity index (χ2v) is 7.15. The zero-order valence-electron chi connectivity index (χ0n) is 10.5. The minimum absolute atomic E-state index is 0.138. The molecule has 0 aromatic heterocycles. The van der Waals surface area contributed by atoms with E-state index in [0.29, 0.717) is 19.4 Å². The van der Waals surface area contributed by atoms with Crippen LogP contribution in [0, 0.1) is 0 Å². The van der Waals surface area contributed by atoms with Crippen molar-refractivity contribution in [2.75, 3.05) is 12.8 Å². The molecule has 1 fully saturated rings. The minimum Gasteiger partial charge on any atom is -0.392 e. The first kappa shape index (κ1) is 14.7. The molecule has 17 heavy (non-hydrogen) atoms. The molecule has 0 aromatic carbocycles. The number of hydrogen-bond acceptors (Lipinski definition) is 3. The molecule has 1 aliphatic rings. The summed E-state index contributed by atoms with van der Waals surface area (Å²) in [7, 11) is -3.50. The number of rotatable bonds is 4. The predicted molar refractivity (Wildman–Crippen MR) is 66.0 cm³/mol. The van der Waals surface area contributed by atoms with Crippen molar-refractivity contribution in [1.82, 2.24) is 4.90 Å². The molecule has 0 bridgehead atoms. The van der Waals surface area contributed by atoms with Crippen LogP contribution in [0.15, 0.2) is 0 Å². The van der Waals surface area contributed by atoms with Crippen LogP contribution in [0.5, 0.6) is 0 Å². The molecular formula is C11H22NO4P. The van der Waals surface area contributed by atoms with E-state index < -0.39 is 19.1 Å². The van der Waals surface area contributed by atoms with E-state index >= 15 is 0 Å². The van der Waals surface area contributed by atoms with Crippen molar-refractivity contribution in [1.29, 1.82) is 0 Å². The summed E-state index contributed by atoms with van der Waals surface area (Å²) >= 11 is 0. The second kappa shape index (κ2) is 5.98. The Kier molecular flexibility index (Phi) is 5.17. The standard InChI is InChI=1S/C11H22NO4P/c1-3-12(9(2)13)8-17(15,16)11-7-5-4-6-10(11)14/h10-11,14H,3-8H2,1-2H3,(H,15,16)/t10-,11-/m0/s1. The molecule has 6 heteroatoms. The number of aliphatic hydroxyl groups is 1. The fourth-order valence-electron chi connectivity index (χ4n) is 2.33. The Morgan fingerprint density at radius 2 is 2.00 bits per heavy atom. The monoisotopic (exact) mass is 263 g/mol. The molecule has 100 valence electrons. The van der Waals surface area contributed by atoms with E-state index in [1.807, 2.05) is 0 Å². The number of carbonyl (C=O) groups is 1. The van der Waals surface area contributed by atoms with Crippen molar-refractivity contribution in [2.24, 2.45) is 0 Å². The summed E-state index contributed by atoms with van der Waals surface area (Å²) in [6, 6.07) is 0. The Hall–Kier alpha value is -0.380. The normalized spacial score (nSPS) is 28.5. The number of hydrogen-bond donors (Lipinski definition) is 2. The Labute approximate surface area is 102 Å². The van der Waals surface area contributed by atoms with Gasteiger partial charge in [0.2, 0.25) is 13.3 Å².